The van der Waals surface area contributed by atoms with E-state index in [0.717, 1.165) is 4.90 Å². The molecule has 3 rings (SSSR count). The number of ether oxygens (including phenoxy) is 2. The second-order valence-electron chi connectivity index (χ2n) is 6.39. The zero-order valence-corrected chi connectivity index (χ0v) is 15.5. The van der Waals surface area contributed by atoms with Gasteiger partial charge in [0, 0.05) is 12.1 Å². The number of nitrogens with one attached hydrogen (secondary N) is 1. The van der Waals surface area contributed by atoms with Crippen LogP contribution in [-0.4, -0.2) is 42.5 Å². The van der Waals surface area contributed by atoms with Gasteiger partial charge in [-0.1, -0.05) is 12.1 Å². The van der Waals surface area contributed by atoms with Crippen LogP contribution in [0.2, 0.25) is 0 Å². The minimum Gasteiger partial charge on any atom is -0.488 e. The Balaban J connectivity index is 1.63. The number of non-ortho nitro benzene ring substituents is 1. The third kappa shape index (κ3) is 4.78. The molecular formula is C19H18FN3O6. The lowest BCUT2D eigenvalue weighted by Crippen LogP contribution is -2.47. The summed E-state index contributed by atoms with van der Waals surface area (Å²) >= 11 is 0. The highest BCUT2D eigenvalue weighted by Gasteiger charge is 2.29. The van der Waals surface area contributed by atoms with Gasteiger partial charge in [0.15, 0.2) is 18.2 Å². The molecule has 0 aromatic heterocycles. The smallest absolute Gasteiger partial charge is 0.271 e. The van der Waals surface area contributed by atoms with Crippen LogP contribution in [0.4, 0.5) is 15.8 Å². The standard InChI is InChI=1S/C19H18FN3O6/c1-12(10-28-16-5-3-2-4-14(16)20)21-18(24)9-22-15-8-13(23(26)27)6-7-17(15)29-11-19(22)25/h2-8,12H,9-11H2,1H3,(H,21,24). The minimum absolute atomic E-state index is 0.0196. The van der Waals surface area contributed by atoms with E-state index in [1.165, 1.54) is 36.4 Å². The molecule has 0 fully saturated rings. The monoisotopic (exact) mass is 403 g/mol. The maximum atomic E-state index is 13.6. The van der Waals surface area contributed by atoms with Crippen LogP contribution in [0.5, 0.6) is 11.5 Å². The van der Waals surface area contributed by atoms with Crippen molar-refractivity contribution in [3.8, 4) is 11.5 Å². The number of benzene rings is 2. The fourth-order valence-corrected chi connectivity index (χ4v) is 2.76. The number of hydrogen-bond acceptors (Lipinski definition) is 6. The quantitative estimate of drug-likeness (QED) is 0.560. The largest absolute Gasteiger partial charge is 0.488 e. The predicted octanol–water partition coefficient (Wildman–Crippen LogP) is 2.04. The number of carbonyl (C=O) groups excluding carboxylic acids is 2. The fraction of sp³-hybridized carbons (Fsp3) is 0.263. The first-order valence-electron chi connectivity index (χ1n) is 8.73. The summed E-state index contributed by atoms with van der Waals surface area (Å²) in [7, 11) is 0. The SMILES string of the molecule is CC(COc1ccccc1F)NC(=O)CN1C(=O)COc2ccc([N+](=O)[O-])cc21. The number of nitro groups is 1. The third-order valence-corrected chi connectivity index (χ3v) is 4.13. The van der Waals surface area contributed by atoms with E-state index in [4.69, 9.17) is 9.47 Å². The van der Waals surface area contributed by atoms with Gasteiger partial charge in [0.2, 0.25) is 5.91 Å². The van der Waals surface area contributed by atoms with Crippen molar-refractivity contribution in [3.05, 3.63) is 58.4 Å². The van der Waals surface area contributed by atoms with Gasteiger partial charge in [-0.3, -0.25) is 24.6 Å². The normalized spacial score (nSPS) is 13.9. The van der Waals surface area contributed by atoms with Crippen LogP contribution in [0.15, 0.2) is 42.5 Å². The van der Waals surface area contributed by atoms with Gasteiger partial charge < -0.3 is 14.8 Å². The summed E-state index contributed by atoms with van der Waals surface area (Å²) in [5.41, 5.74) is -0.0695. The zero-order valence-electron chi connectivity index (χ0n) is 15.5. The number of halogens is 1. The van der Waals surface area contributed by atoms with Crippen molar-refractivity contribution in [2.45, 2.75) is 13.0 Å². The van der Waals surface area contributed by atoms with Crippen LogP contribution >= 0.6 is 0 Å². The molecule has 1 aliphatic heterocycles. The number of fused-ring (bicyclic) bond motifs is 1. The van der Waals surface area contributed by atoms with Crippen molar-refractivity contribution in [2.24, 2.45) is 0 Å². The Kier molecular flexibility index (Phi) is 5.91. The van der Waals surface area contributed by atoms with Crippen LogP contribution in [0.3, 0.4) is 0 Å². The summed E-state index contributed by atoms with van der Waals surface area (Å²) in [6.45, 7) is 1.06. The maximum Gasteiger partial charge on any atom is 0.271 e. The van der Waals surface area contributed by atoms with Gasteiger partial charge in [0.25, 0.3) is 11.6 Å². The number of nitrogens with zero attached hydrogens (tertiary/aromatic N) is 2. The lowest BCUT2D eigenvalue weighted by Gasteiger charge is -2.29. The van der Waals surface area contributed by atoms with Crippen molar-refractivity contribution >= 4 is 23.2 Å². The zero-order chi connectivity index (χ0) is 21.0. The summed E-state index contributed by atoms with van der Waals surface area (Å²) < 4.78 is 24.2. The average molecular weight is 403 g/mol. The maximum absolute atomic E-state index is 13.6. The van der Waals surface area contributed by atoms with Crippen LogP contribution < -0.4 is 19.7 Å². The Morgan fingerprint density at radius 2 is 2.14 bits per heavy atom. The first-order valence-corrected chi connectivity index (χ1v) is 8.73. The molecule has 9 nitrogen and oxygen atoms in total. The number of para-hydroxylation sites is 1. The Labute approximate surface area is 165 Å². The summed E-state index contributed by atoms with van der Waals surface area (Å²) in [6, 6.07) is 9.26. The minimum atomic E-state index is -0.597. The van der Waals surface area contributed by atoms with Crippen LogP contribution in [0, 0.1) is 15.9 Å². The first kappa shape index (κ1) is 20.1. The molecule has 0 radical (unpaired) electrons. The molecule has 1 atom stereocenters. The van der Waals surface area contributed by atoms with E-state index >= 15 is 0 Å². The van der Waals surface area contributed by atoms with Gasteiger partial charge in [-0.2, -0.15) is 0 Å². The molecule has 2 amide bonds. The van der Waals surface area contributed by atoms with Gasteiger partial charge >= 0.3 is 0 Å². The first-order chi connectivity index (χ1) is 13.8. The van der Waals surface area contributed by atoms with Crippen molar-refractivity contribution in [1.29, 1.82) is 0 Å². The van der Waals surface area contributed by atoms with Crippen LogP contribution in [0.1, 0.15) is 6.92 Å². The number of carbonyl (C=O) groups is 2. The van der Waals surface area contributed by atoms with E-state index in [1.807, 2.05) is 0 Å². The topological polar surface area (TPSA) is 111 Å². The van der Waals surface area contributed by atoms with Gasteiger partial charge in [0.05, 0.1) is 16.7 Å². The molecule has 0 spiro atoms. The van der Waals surface area contributed by atoms with E-state index in [2.05, 4.69) is 5.32 Å². The molecule has 0 bridgehead atoms. The molecule has 0 aliphatic carbocycles. The van der Waals surface area contributed by atoms with Gasteiger partial charge in [-0.05, 0) is 25.1 Å². The Morgan fingerprint density at radius 1 is 1.38 bits per heavy atom. The lowest BCUT2D eigenvalue weighted by atomic mass is 10.2. The van der Waals surface area contributed by atoms with E-state index in [0.29, 0.717) is 0 Å². The number of amides is 2. The number of nitro benzene ring substituents is 1. The second kappa shape index (κ2) is 8.55. The molecule has 10 heteroatoms. The van der Waals surface area contributed by atoms with Crippen LogP contribution in [0.25, 0.3) is 0 Å². The Bertz CT molecular complexity index is 951. The average Bonchev–Trinajstić information content (AvgIpc) is 2.69. The molecule has 0 saturated carbocycles. The fourth-order valence-electron chi connectivity index (χ4n) is 2.76. The molecule has 29 heavy (non-hydrogen) atoms. The van der Waals surface area contributed by atoms with E-state index < -0.39 is 28.6 Å². The third-order valence-electron chi connectivity index (χ3n) is 4.13. The number of hydrogen-bond donors (Lipinski definition) is 1. The molecule has 1 heterocycles. The second-order valence-corrected chi connectivity index (χ2v) is 6.39. The molecule has 2 aromatic rings. The summed E-state index contributed by atoms with van der Waals surface area (Å²) in [5, 5.41) is 13.6. The van der Waals surface area contributed by atoms with E-state index in [-0.39, 0.29) is 42.6 Å². The van der Waals surface area contributed by atoms with Gasteiger partial charge in [-0.25, -0.2) is 4.39 Å². The van der Waals surface area contributed by atoms with E-state index in [9.17, 15) is 24.1 Å². The Hall–Kier alpha value is -3.69. The number of rotatable bonds is 7. The molecule has 1 N–H and O–H groups in total. The van der Waals surface area contributed by atoms with Crippen molar-refractivity contribution in [1.82, 2.24) is 5.32 Å². The molecule has 152 valence electrons. The molecule has 0 saturated heterocycles. The molecule has 1 unspecified atom stereocenters. The summed E-state index contributed by atoms with van der Waals surface area (Å²) in [6.07, 6.45) is 0. The highest BCUT2D eigenvalue weighted by atomic mass is 19.1. The van der Waals surface area contributed by atoms with Crippen molar-refractivity contribution < 1.29 is 28.4 Å². The van der Waals surface area contributed by atoms with E-state index in [1.54, 1.807) is 13.0 Å². The van der Waals surface area contributed by atoms with Crippen molar-refractivity contribution in [3.63, 3.8) is 0 Å². The summed E-state index contributed by atoms with van der Waals surface area (Å²) in [4.78, 5) is 36.1. The highest BCUT2D eigenvalue weighted by molar-refractivity contribution is 6.02. The van der Waals surface area contributed by atoms with Crippen LogP contribution in [-0.2, 0) is 9.59 Å². The predicted molar refractivity (Wildman–Crippen MR) is 100 cm³/mol. The molecule has 1 aliphatic rings. The lowest BCUT2D eigenvalue weighted by molar-refractivity contribution is -0.384. The highest BCUT2D eigenvalue weighted by Crippen LogP contribution is 2.35. The van der Waals surface area contributed by atoms with Crippen molar-refractivity contribution in [2.75, 3.05) is 24.7 Å². The van der Waals surface area contributed by atoms with Gasteiger partial charge in [0.1, 0.15) is 18.9 Å². The number of anilines is 1. The molecule has 2 aromatic carbocycles. The Morgan fingerprint density at radius 3 is 2.86 bits per heavy atom. The summed E-state index contributed by atoms with van der Waals surface area (Å²) in [5.74, 6) is -1.16. The van der Waals surface area contributed by atoms with Gasteiger partial charge in [-0.15, -0.1) is 0 Å². The molecular weight excluding hydrogens is 385 g/mol.